The van der Waals surface area contributed by atoms with E-state index < -0.39 is 6.10 Å². The smallest absolute Gasteiger partial charge is 0.218 e. The molecule has 1 aliphatic carbocycles. The van der Waals surface area contributed by atoms with Gasteiger partial charge in [0, 0.05) is 12.3 Å². The molecule has 0 bridgehead atoms. The maximum absolute atomic E-state index is 9.96. The van der Waals surface area contributed by atoms with E-state index in [1.807, 2.05) is 13.1 Å². The van der Waals surface area contributed by atoms with E-state index in [1.165, 1.54) is 6.33 Å². The van der Waals surface area contributed by atoms with Crippen LogP contribution in [0.2, 0.25) is 0 Å². The Morgan fingerprint density at radius 1 is 1.45 bits per heavy atom. The van der Waals surface area contributed by atoms with Crippen LogP contribution in [0.3, 0.4) is 0 Å². The van der Waals surface area contributed by atoms with Gasteiger partial charge in [-0.15, -0.1) is 0 Å². The van der Waals surface area contributed by atoms with Crippen LogP contribution in [0.25, 0.3) is 0 Å². The molecule has 2 heterocycles. The molecule has 2 aromatic rings. The Morgan fingerprint density at radius 3 is 2.95 bits per heavy atom. The second-order valence-electron chi connectivity index (χ2n) is 4.99. The number of rotatable bonds is 4. The quantitative estimate of drug-likeness (QED) is 0.857. The Bertz CT molecular complexity index is 600. The lowest BCUT2D eigenvalue weighted by molar-refractivity contribution is 0.0133. The number of hydrogen-bond donors (Lipinski definition) is 2. The van der Waals surface area contributed by atoms with Crippen LogP contribution >= 0.6 is 0 Å². The lowest BCUT2D eigenvalue weighted by atomic mass is 9.83. The van der Waals surface area contributed by atoms with Crippen molar-refractivity contribution in [2.45, 2.75) is 31.5 Å². The minimum absolute atomic E-state index is 0.0790. The Hall–Kier alpha value is -2.15. The minimum atomic E-state index is -0.393. The molecule has 1 fully saturated rings. The summed E-state index contributed by atoms with van der Waals surface area (Å²) in [6.07, 6.45) is 5.44. The zero-order valence-corrected chi connectivity index (χ0v) is 11.4. The molecule has 20 heavy (non-hydrogen) atoms. The van der Waals surface area contributed by atoms with E-state index in [-0.39, 0.29) is 12.1 Å². The average molecular weight is 275 g/mol. The predicted molar refractivity (Wildman–Crippen MR) is 72.6 cm³/mol. The number of aryl methyl sites for hydroxylation is 1. The monoisotopic (exact) mass is 275 g/mol. The van der Waals surface area contributed by atoms with Gasteiger partial charge in [0.25, 0.3) is 0 Å². The topological polar surface area (TPSA) is 85.1 Å². The molecule has 0 saturated heterocycles. The number of nitrogens with zero attached hydrogens (tertiary/aromatic N) is 4. The van der Waals surface area contributed by atoms with Gasteiger partial charge in [-0.2, -0.15) is 5.10 Å². The van der Waals surface area contributed by atoms with Crippen LogP contribution in [-0.2, 0) is 0 Å². The van der Waals surface area contributed by atoms with E-state index in [4.69, 9.17) is 4.74 Å². The first-order chi connectivity index (χ1) is 9.67. The molecule has 1 aliphatic rings. The number of aliphatic hydroxyl groups excluding tert-OH is 1. The molecule has 0 amide bonds. The van der Waals surface area contributed by atoms with Crippen molar-refractivity contribution in [3.8, 4) is 5.88 Å². The summed E-state index contributed by atoms with van der Waals surface area (Å²) in [5.74, 6) is 1.19. The molecular formula is C13H17N5O2. The fourth-order valence-corrected chi connectivity index (χ4v) is 2.43. The largest absolute Gasteiger partial charge is 0.481 e. The number of aromatic nitrogens is 4. The molecule has 2 aromatic heterocycles. The minimum Gasteiger partial charge on any atom is -0.481 e. The summed E-state index contributed by atoms with van der Waals surface area (Å²) in [6, 6.07) is 1.74. The van der Waals surface area contributed by atoms with Crippen molar-refractivity contribution < 1.29 is 9.84 Å². The molecular weight excluding hydrogens is 258 g/mol. The van der Waals surface area contributed by atoms with Crippen LogP contribution in [0.5, 0.6) is 5.88 Å². The maximum atomic E-state index is 9.96. The van der Waals surface area contributed by atoms with Crippen LogP contribution in [-0.4, -0.2) is 44.1 Å². The van der Waals surface area contributed by atoms with E-state index in [9.17, 15) is 5.11 Å². The highest BCUT2D eigenvalue weighted by atomic mass is 16.5. The zero-order valence-electron chi connectivity index (χ0n) is 11.4. The van der Waals surface area contributed by atoms with Gasteiger partial charge in [0.1, 0.15) is 12.1 Å². The lowest BCUT2D eigenvalue weighted by Gasteiger charge is -2.42. The van der Waals surface area contributed by atoms with E-state index in [1.54, 1.807) is 24.1 Å². The first-order valence-electron chi connectivity index (χ1n) is 6.49. The van der Waals surface area contributed by atoms with E-state index in [2.05, 4.69) is 20.4 Å². The summed E-state index contributed by atoms with van der Waals surface area (Å²) < 4.78 is 6.87. The molecule has 0 unspecified atom stereocenters. The van der Waals surface area contributed by atoms with Crippen LogP contribution < -0.4 is 10.1 Å². The SMILES string of the molecule is COc1cc(N[C@H]2C[C@@H](O)[C@@H]2n2cc(C)cn2)ncn1. The molecule has 1 saturated carbocycles. The van der Waals surface area contributed by atoms with Gasteiger partial charge < -0.3 is 15.2 Å². The van der Waals surface area contributed by atoms with Crippen molar-refractivity contribution in [2.24, 2.45) is 0 Å². The van der Waals surface area contributed by atoms with Crippen LogP contribution in [0, 0.1) is 6.92 Å². The number of nitrogens with one attached hydrogen (secondary N) is 1. The van der Waals surface area contributed by atoms with Gasteiger partial charge in [0.15, 0.2) is 0 Å². The van der Waals surface area contributed by atoms with Crippen LogP contribution in [0.4, 0.5) is 5.82 Å². The maximum Gasteiger partial charge on any atom is 0.218 e. The molecule has 0 radical (unpaired) electrons. The first-order valence-corrected chi connectivity index (χ1v) is 6.49. The van der Waals surface area contributed by atoms with E-state index >= 15 is 0 Å². The standard InChI is InChI=1S/C13H17N5O2/c1-8-5-16-18(6-8)13-9(3-10(13)19)17-11-4-12(20-2)15-7-14-11/h4-7,9-10,13,19H,3H2,1-2H3,(H,14,15,17)/t9-,10+,13+/m0/s1. The molecule has 7 nitrogen and oxygen atoms in total. The average Bonchev–Trinajstić information content (AvgIpc) is 2.84. The normalized spacial score (nSPS) is 25.1. The predicted octanol–water partition coefficient (Wildman–Crippen LogP) is 0.777. The first kappa shape index (κ1) is 12.9. The van der Waals surface area contributed by atoms with Crippen molar-refractivity contribution in [1.82, 2.24) is 19.7 Å². The van der Waals surface area contributed by atoms with Gasteiger partial charge >= 0.3 is 0 Å². The zero-order chi connectivity index (χ0) is 14.1. The number of methoxy groups -OCH3 is 1. The molecule has 7 heteroatoms. The van der Waals surface area contributed by atoms with Gasteiger partial charge in [-0.1, -0.05) is 0 Å². The molecule has 0 spiro atoms. The van der Waals surface area contributed by atoms with Crippen molar-refractivity contribution in [1.29, 1.82) is 0 Å². The van der Waals surface area contributed by atoms with Crippen LogP contribution in [0.1, 0.15) is 18.0 Å². The molecule has 0 aromatic carbocycles. The van der Waals surface area contributed by atoms with Crippen molar-refractivity contribution in [3.63, 3.8) is 0 Å². The fraction of sp³-hybridized carbons (Fsp3) is 0.462. The van der Waals surface area contributed by atoms with Crippen molar-refractivity contribution in [2.75, 3.05) is 12.4 Å². The Morgan fingerprint density at radius 2 is 2.30 bits per heavy atom. The number of anilines is 1. The second kappa shape index (κ2) is 5.09. The lowest BCUT2D eigenvalue weighted by Crippen LogP contribution is -2.51. The summed E-state index contributed by atoms with van der Waals surface area (Å²) >= 11 is 0. The molecule has 0 aliphatic heterocycles. The Balaban J connectivity index is 1.74. The summed E-state index contributed by atoms with van der Waals surface area (Å²) in [4.78, 5) is 8.12. The van der Waals surface area contributed by atoms with E-state index in [0.29, 0.717) is 18.1 Å². The highest BCUT2D eigenvalue weighted by Crippen LogP contribution is 2.34. The second-order valence-corrected chi connectivity index (χ2v) is 4.99. The molecule has 2 N–H and O–H groups in total. The third kappa shape index (κ3) is 2.32. The fourth-order valence-electron chi connectivity index (χ4n) is 2.43. The van der Waals surface area contributed by atoms with Crippen molar-refractivity contribution in [3.05, 3.63) is 30.4 Å². The third-order valence-corrected chi connectivity index (χ3v) is 3.52. The molecule has 106 valence electrons. The van der Waals surface area contributed by atoms with E-state index in [0.717, 1.165) is 5.56 Å². The highest BCUT2D eigenvalue weighted by molar-refractivity contribution is 5.39. The summed E-state index contributed by atoms with van der Waals surface area (Å²) in [7, 11) is 1.56. The summed E-state index contributed by atoms with van der Waals surface area (Å²) in [6.45, 7) is 1.98. The van der Waals surface area contributed by atoms with Gasteiger partial charge in [0.2, 0.25) is 5.88 Å². The number of ether oxygens (including phenoxy) is 1. The van der Waals surface area contributed by atoms with Gasteiger partial charge in [-0.25, -0.2) is 9.97 Å². The number of aliphatic hydroxyl groups is 1. The van der Waals surface area contributed by atoms with Gasteiger partial charge in [-0.05, 0) is 18.9 Å². The van der Waals surface area contributed by atoms with Crippen LogP contribution in [0.15, 0.2) is 24.8 Å². The Labute approximate surface area is 116 Å². The summed E-state index contributed by atoms with van der Waals surface area (Å²) in [5.41, 5.74) is 1.08. The van der Waals surface area contributed by atoms with Gasteiger partial charge in [-0.3, -0.25) is 4.68 Å². The van der Waals surface area contributed by atoms with Gasteiger partial charge in [0.05, 0.1) is 31.5 Å². The van der Waals surface area contributed by atoms with Crippen molar-refractivity contribution >= 4 is 5.82 Å². The highest BCUT2D eigenvalue weighted by Gasteiger charge is 2.42. The Kier molecular flexibility index (Phi) is 3.27. The number of hydrogen-bond acceptors (Lipinski definition) is 6. The molecule has 3 atom stereocenters. The summed E-state index contributed by atoms with van der Waals surface area (Å²) in [5, 5.41) is 17.5. The molecule has 3 rings (SSSR count). The third-order valence-electron chi connectivity index (χ3n) is 3.52.